The number of aromatic hydroxyl groups is 1. The first-order valence-electron chi connectivity index (χ1n) is 8.79. The summed E-state index contributed by atoms with van der Waals surface area (Å²) in [6, 6.07) is 11.3. The lowest BCUT2D eigenvalue weighted by Crippen LogP contribution is -2.46. The summed E-state index contributed by atoms with van der Waals surface area (Å²) < 4.78 is 0. The maximum Gasteiger partial charge on any atom is 0.220 e. The number of aromatic nitrogens is 1. The summed E-state index contributed by atoms with van der Waals surface area (Å²) in [5, 5.41) is 10.3. The Balaban J connectivity index is 1.69. The minimum Gasteiger partial charge on any atom is -0.504 e. The molecular formula is C20H25N3O2. The first-order chi connectivity index (χ1) is 12.0. The minimum absolute atomic E-state index is 0.126. The summed E-state index contributed by atoms with van der Waals surface area (Å²) in [4.78, 5) is 21.1. The Labute approximate surface area is 148 Å². The summed E-state index contributed by atoms with van der Waals surface area (Å²) in [5.41, 5.74) is 1.35. The molecular weight excluding hydrogens is 314 g/mol. The molecule has 1 aromatic carbocycles. The zero-order valence-corrected chi connectivity index (χ0v) is 14.9. The molecule has 0 saturated carbocycles. The van der Waals surface area contributed by atoms with Crippen LogP contribution >= 0.6 is 0 Å². The lowest BCUT2D eigenvalue weighted by Gasteiger charge is -2.35. The molecule has 25 heavy (non-hydrogen) atoms. The standard InChI is InChI=1S/C20H25N3O2/c1-15(2)16-6-7-17(20(25)18(24)13-16)14-22-9-11-23(12-10-22)19-5-3-4-8-21-19/h3-8,13,15H,9-12,14H2,1-2H3,(H,24,25). The topological polar surface area (TPSA) is 56.7 Å². The first kappa shape index (κ1) is 17.4. The summed E-state index contributed by atoms with van der Waals surface area (Å²) in [6.07, 6.45) is 1.81. The quantitative estimate of drug-likeness (QED) is 0.928. The molecule has 0 unspecified atom stereocenters. The van der Waals surface area contributed by atoms with Crippen LogP contribution in [0, 0.1) is 0 Å². The Morgan fingerprint density at radius 1 is 1.12 bits per heavy atom. The van der Waals surface area contributed by atoms with Crippen LogP contribution in [-0.4, -0.2) is 41.2 Å². The number of hydrogen-bond acceptors (Lipinski definition) is 5. The van der Waals surface area contributed by atoms with Crippen molar-refractivity contribution in [2.24, 2.45) is 0 Å². The summed E-state index contributed by atoms with van der Waals surface area (Å²) in [7, 11) is 0. The van der Waals surface area contributed by atoms with Gasteiger partial charge in [-0.1, -0.05) is 32.0 Å². The number of rotatable bonds is 4. The van der Waals surface area contributed by atoms with Crippen molar-refractivity contribution >= 4 is 5.82 Å². The zero-order valence-electron chi connectivity index (χ0n) is 14.9. The number of hydrogen-bond donors (Lipinski definition) is 1. The Bertz CT molecular complexity index is 770. The van der Waals surface area contributed by atoms with Gasteiger partial charge in [-0.05, 0) is 29.7 Å². The van der Waals surface area contributed by atoms with Gasteiger partial charge in [0.25, 0.3) is 0 Å². The van der Waals surface area contributed by atoms with Crippen LogP contribution in [0.15, 0.2) is 47.4 Å². The maximum atomic E-state index is 12.2. The third-order valence-electron chi connectivity index (χ3n) is 4.72. The molecule has 0 amide bonds. The Morgan fingerprint density at radius 2 is 1.88 bits per heavy atom. The van der Waals surface area contributed by atoms with Crippen molar-refractivity contribution in [1.82, 2.24) is 9.88 Å². The van der Waals surface area contributed by atoms with Gasteiger partial charge in [-0.2, -0.15) is 0 Å². The highest BCUT2D eigenvalue weighted by Gasteiger charge is 2.19. The molecule has 0 atom stereocenters. The number of pyridine rings is 1. The van der Waals surface area contributed by atoms with Gasteiger partial charge >= 0.3 is 0 Å². The summed E-state index contributed by atoms with van der Waals surface area (Å²) in [5.74, 6) is 1.13. The van der Waals surface area contributed by atoms with Crippen LogP contribution in [0.5, 0.6) is 5.75 Å². The van der Waals surface area contributed by atoms with Crippen molar-refractivity contribution in [3.63, 3.8) is 0 Å². The van der Waals surface area contributed by atoms with E-state index in [0.29, 0.717) is 12.1 Å². The van der Waals surface area contributed by atoms with Crippen molar-refractivity contribution in [3.05, 3.63) is 63.9 Å². The highest BCUT2D eigenvalue weighted by molar-refractivity contribution is 5.38. The molecule has 132 valence electrons. The highest BCUT2D eigenvalue weighted by atomic mass is 16.3. The monoisotopic (exact) mass is 339 g/mol. The van der Waals surface area contributed by atoms with Crippen molar-refractivity contribution in [2.45, 2.75) is 26.3 Å². The summed E-state index contributed by atoms with van der Waals surface area (Å²) in [6.45, 7) is 8.20. The highest BCUT2D eigenvalue weighted by Crippen LogP contribution is 2.19. The molecule has 1 aromatic heterocycles. The van der Waals surface area contributed by atoms with E-state index in [0.717, 1.165) is 37.6 Å². The molecule has 1 aliphatic heterocycles. The van der Waals surface area contributed by atoms with Gasteiger partial charge in [0.15, 0.2) is 5.75 Å². The van der Waals surface area contributed by atoms with E-state index >= 15 is 0 Å². The second-order valence-corrected chi connectivity index (χ2v) is 6.82. The molecule has 0 bridgehead atoms. The van der Waals surface area contributed by atoms with Crippen LogP contribution in [0.3, 0.4) is 0 Å². The molecule has 1 saturated heterocycles. The van der Waals surface area contributed by atoms with E-state index in [9.17, 15) is 9.90 Å². The second kappa shape index (κ2) is 7.66. The van der Waals surface area contributed by atoms with Crippen LogP contribution in [0.1, 0.15) is 30.9 Å². The number of nitrogens with zero attached hydrogens (tertiary/aromatic N) is 3. The van der Waals surface area contributed by atoms with E-state index in [1.807, 2.05) is 50.4 Å². The van der Waals surface area contributed by atoms with Gasteiger partial charge in [-0.15, -0.1) is 0 Å². The van der Waals surface area contributed by atoms with Gasteiger partial charge in [0.05, 0.1) is 0 Å². The number of anilines is 1. The van der Waals surface area contributed by atoms with Gasteiger partial charge < -0.3 is 10.0 Å². The van der Waals surface area contributed by atoms with E-state index in [1.54, 1.807) is 6.07 Å². The lowest BCUT2D eigenvalue weighted by atomic mass is 10.1. The average molecular weight is 339 g/mol. The van der Waals surface area contributed by atoms with E-state index in [1.165, 1.54) is 0 Å². The smallest absolute Gasteiger partial charge is 0.220 e. The Kier molecular flexibility index (Phi) is 5.34. The molecule has 5 heteroatoms. The minimum atomic E-state index is -0.296. The number of piperazine rings is 1. The molecule has 2 heterocycles. The molecule has 1 N–H and O–H groups in total. The molecule has 2 aromatic rings. The fourth-order valence-electron chi connectivity index (χ4n) is 3.11. The predicted molar refractivity (Wildman–Crippen MR) is 100 cm³/mol. The SMILES string of the molecule is CC(C)c1ccc(CN2CCN(c3ccccn3)CC2)c(O)c(=O)c1. The van der Waals surface area contributed by atoms with E-state index < -0.39 is 0 Å². The van der Waals surface area contributed by atoms with Crippen LogP contribution in [0.2, 0.25) is 0 Å². The zero-order chi connectivity index (χ0) is 17.8. The largest absolute Gasteiger partial charge is 0.504 e. The Hall–Kier alpha value is -2.40. The normalized spacial score (nSPS) is 15.6. The molecule has 0 spiro atoms. The van der Waals surface area contributed by atoms with Crippen LogP contribution in [0.25, 0.3) is 0 Å². The second-order valence-electron chi connectivity index (χ2n) is 6.82. The Morgan fingerprint density at radius 3 is 2.52 bits per heavy atom. The van der Waals surface area contributed by atoms with Gasteiger partial charge in [-0.3, -0.25) is 9.69 Å². The van der Waals surface area contributed by atoms with E-state index in [4.69, 9.17) is 0 Å². The van der Waals surface area contributed by atoms with Crippen LogP contribution in [0.4, 0.5) is 5.82 Å². The van der Waals surface area contributed by atoms with Gasteiger partial charge in [0.2, 0.25) is 5.43 Å². The molecule has 0 aliphatic carbocycles. The fraction of sp³-hybridized carbons (Fsp3) is 0.400. The maximum absolute atomic E-state index is 12.2. The fourth-order valence-corrected chi connectivity index (χ4v) is 3.11. The van der Waals surface area contributed by atoms with Crippen LogP contribution in [-0.2, 0) is 6.54 Å². The lowest BCUT2D eigenvalue weighted by molar-refractivity contribution is 0.246. The predicted octanol–water partition coefficient (Wildman–Crippen LogP) is 2.59. The van der Waals surface area contributed by atoms with Crippen LogP contribution < -0.4 is 10.3 Å². The van der Waals surface area contributed by atoms with Gasteiger partial charge in [0.1, 0.15) is 5.82 Å². The third-order valence-corrected chi connectivity index (χ3v) is 4.72. The van der Waals surface area contributed by atoms with Gasteiger partial charge in [-0.25, -0.2) is 4.98 Å². The molecule has 3 rings (SSSR count). The van der Waals surface area contributed by atoms with Crippen molar-refractivity contribution in [3.8, 4) is 5.75 Å². The third kappa shape index (κ3) is 4.17. The van der Waals surface area contributed by atoms with Crippen molar-refractivity contribution in [1.29, 1.82) is 0 Å². The van der Waals surface area contributed by atoms with E-state index in [-0.39, 0.29) is 17.1 Å². The molecule has 1 fully saturated rings. The van der Waals surface area contributed by atoms with E-state index in [2.05, 4.69) is 14.8 Å². The average Bonchev–Trinajstić information content (AvgIpc) is 2.77. The van der Waals surface area contributed by atoms with Crippen molar-refractivity contribution < 1.29 is 5.11 Å². The first-order valence-corrected chi connectivity index (χ1v) is 8.79. The molecule has 5 nitrogen and oxygen atoms in total. The summed E-state index contributed by atoms with van der Waals surface area (Å²) >= 11 is 0. The molecule has 0 radical (unpaired) electrons. The van der Waals surface area contributed by atoms with Gasteiger partial charge in [0, 0.05) is 44.5 Å². The van der Waals surface area contributed by atoms with Crippen molar-refractivity contribution in [2.75, 3.05) is 31.1 Å². The molecule has 1 aliphatic rings.